The minimum atomic E-state index is 0.0141. The molecule has 0 fully saturated rings. The van der Waals surface area contributed by atoms with Crippen LogP contribution < -0.4 is 5.32 Å². The number of anilines is 1. The average molecular weight is 260 g/mol. The van der Waals surface area contributed by atoms with E-state index < -0.39 is 0 Å². The van der Waals surface area contributed by atoms with Crippen LogP contribution in [0.2, 0.25) is 0 Å². The fourth-order valence-corrected chi connectivity index (χ4v) is 2.48. The van der Waals surface area contributed by atoms with Crippen molar-refractivity contribution in [1.82, 2.24) is 4.90 Å². The number of hydrogen-bond acceptors (Lipinski definition) is 3. The van der Waals surface area contributed by atoms with E-state index in [0.29, 0.717) is 6.54 Å². The van der Waals surface area contributed by atoms with E-state index >= 15 is 0 Å². The van der Waals surface area contributed by atoms with Gasteiger partial charge in [-0.1, -0.05) is 24.3 Å². The zero-order valence-corrected chi connectivity index (χ0v) is 11.1. The number of carbonyl (C=O) groups excluding carboxylic acids is 1. The summed E-state index contributed by atoms with van der Waals surface area (Å²) >= 11 is 1.71. The van der Waals surface area contributed by atoms with Crippen LogP contribution in [0.5, 0.6) is 0 Å². The summed E-state index contributed by atoms with van der Waals surface area (Å²) in [5.74, 6) is 0.0141. The maximum atomic E-state index is 11.8. The van der Waals surface area contributed by atoms with Crippen molar-refractivity contribution < 1.29 is 4.79 Å². The Labute approximate surface area is 111 Å². The van der Waals surface area contributed by atoms with Gasteiger partial charge in [-0.2, -0.15) is 0 Å². The summed E-state index contributed by atoms with van der Waals surface area (Å²) in [6, 6.07) is 13.6. The van der Waals surface area contributed by atoms with E-state index in [1.165, 1.54) is 4.88 Å². The van der Waals surface area contributed by atoms with Crippen LogP contribution in [0.1, 0.15) is 4.88 Å². The van der Waals surface area contributed by atoms with E-state index in [0.717, 1.165) is 12.2 Å². The van der Waals surface area contributed by atoms with Crippen LogP contribution in [-0.4, -0.2) is 24.4 Å². The van der Waals surface area contributed by atoms with Crippen LogP contribution in [-0.2, 0) is 11.3 Å². The predicted octanol–water partition coefficient (Wildman–Crippen LogP) is 2.82. The Bertz CT molecular complexity index is 482. The van der Waals surface area contributed by atoms with Crippen molar-refractivity contribution in [2.45, 2.75) is 6.54 Å². The van der Waals surface area contributed by atoms with E-state index in [1.54, 1.807) is 11.3 Å². The third kappa shape index (κ3) is 3.98. The first-order valence-corrected chi connectivity index (χ1v) is 6.68. The van der Waals surface area contributed by atoms with Crippen LogP contribution in [0.3, 0.4) is 0 Å². The molecule has 94 valence electrons. The molecule has 1 N–H and O–H groups in total. The minimum absolute atomic E-state index is 0.0141. The molecule has 18 heavy (non-hydrogen) atoms. The molecule has 0 aliphatic rings. The zero-order chi connectivity index (χ0) is 12.8. The molecule has 0 saturated carbocycles. The van der Waals surface area contributed by atoms with Gasteiger partial charge in [0.05, 0.1) is 6.54 Å². The van der Waals surface area contributed by atoms with Gasteiger partial charge < -0.3 is 5.32 Å². The van der Waals surface area contributed by atoms with E-state index in [1.807, 2.05) is 53.7 Å². The molecule has 0 unspecified atom stereocenters. The highest BCUT2D eigenvalue weighted by Crippen LogP contribution is 2.11. The predicted molar refractivity (Wildman–Crippen MR) is 75.7 cm³/mol. The van der Waals surface area contributed by atoms with Crippen molar-refractivity contribution in [2.24, 2.45) is 0 Å². The molecule has 0 atom stereocenters. The number of amides is 1. The minimum Gasteiger partial charge on any atom is -0.325 e. The van der Waals surface area contributed by atoms with Gasteiger partial charge in [0.25, 0.3) is 0 Å². The Morgan fingerprint density at radius 3 is 2.67 bits per heavy atom. The standard InChI is InChI=1S/C14H16N2OS/c1-16(10-13-8-5-9-18-13)11-14(17)15-12-6-3-2-4-7-12/h2-9H,10-11H2,1H3,(H,15,17). The highest BCUT2D eigenvalue weighted by Gasteiger charge is 2.07. The van der Waals surface area contributed by atoms with E-state index in [2.05, 4.69) is 11.4 Å². The molecule has 2 rings (SSSR count). The normalized spacial score (nSPS) is 10.6. The fourth-order valence-electron chi connectivity index (χ4n) is 1.69. The van der Waals surface area contributed by atoms with Crippen LogP contribution >= 0.6 is 11.3 Å². The van der Waals surface area contributed by atoms with Crippen molar-refractivity contribution in [3.63, 3.8) is 0 Å². The number of nitrogens with one attached hydrogen (secondary N) is 1. The first kappa shape index (κ1) is 12.8. The van der Waals surface area contributed by atoms with E-state index in [-0.39, 0.29) is 5.91 Å². The van der Waals surface area contributed by atoms with Gasteiger partial charge in [0, 0.05) is 17.1 Å². The molecule has 1 aromatic carbocycles. The third-order valence-corrected chi connectivity index (χ3v) is 3.34. The summed E-state index contributed by atoms with van der Waals surface area (Å²) in [5, 5.41) is 4.92. The van der Waals surface area contributed by atoms with Gasteiger partial charge in [-0.05, 0) is 30.6 Å². The third-order valence-electron chi connectivity index (χ3n) is 2.48. The Balaban J connectivity index is 1.80. The number of benzene rings is 1. The number of rotatable bonds is 5. The van der Waals surface area contributed by atoms with Crippen molar-refractivity contribution >= 4 is 22.9 Å². The van der Waals surface area contributed by atoms with E-state index in [4.69, 9.17) is 0 Å². The van der Waals surface area contributed by atoms with Crippen LogP contribution in [0.15, 0.2) is 47.8 Å². The van der Waals surface area contributed by atoms with Crippen molar-refractivity contribution in [2.75, 3.05) is 18.9 Å². The molecule has 0 saturated heterocycles. The molecule has 3 nitrogen and oxygen atoms in total. The van der Waals surface area contributed by atoms with Crippen molar-refractivity contribution in [3.05, 3.63) is 52.7 Å². The molecule has 0 aliphatic heterocycles. The summed E-state index contributed by atoms with van der Waals surface area (Å²) in [6.07, 6.45) is 0. The molecule has 1 amide bonds. The average Bonchev–Trinajstić information content (AvgIpc) is 2.82. The van der Waals surface area contributed by atoms with Crippen LogP contribution in [0.25, 0.3) is 0 Å². The zero-order valence-electron chi connectivity index (χ0n) is 10.3. The van der Waals surface area contributed by atoms with Gasteiger partial charge in [-0.25, -0.2) is 0 Å². The number of likely N-dealkylation sites (N-methyl/N-ethyl adjacent to an activating group) is 1. The Morgan fingerprint density at radius 2 is 2.00 bits per heavy atom. The molecular weight excluding hydrogens is 244 g/mol. The summed E-state index contributed by atoms with van der Waals surface area (Å²) in [5.41, 5.74) is 0.840. The maximum absolute atomic E-state index is 11.8. The molecule has 0 spiro atoms. The Kier molecular flexibility index (Phi) is 4.50. The van der Waals surface area contributed by atoms with Crippen LogP contribution in [0.4, 0.5) is 5.69 Å². The molecule has 1 aromatic heterocycles. The first-order chi connectivity index (χ1) is 8.74. The van der Waals surface area contributed by atoms with Gasteiger partial charge in [0.1, 0.15) is 0 Å². The highest BCUT2D eigenvalue weighted by molar-refractivity contribution is 7.09. The lowest BCUT2D eigenvalue weighted by Gasteiger charge is -2.15. The number of hydrogen-bond donors (Lipinski definition) is 1. The molecule has 4 heteroatoms. The summed E-state index contributed by atoms with van der Waals surface area (Å²) in [4.78, 5) is 15.1. The number of para-hydroxylation sites is 1. The molecule has 2 aromatic rings. The number of thiophene rings is 1. The topological polar surface area (TPSA) is 32.3 Å². The largest absolute Gasteiger partial charge is 0.325 e. The second-order valence-corrected chi connectivity index (χ2v) is 5.20. The first-order valence-electron chi connectivity index (χ1n) is 5.80. The Morgan fingerprint density at radius 1 is 1.22 bits per heavy atom. The Hall–Kier alpha value is -1.65. The van der Waals surface area contributed by atoms with Gasteiger partial charge in [0.15, 0.2) is 0 Å². The fraction of sp³-hybridized carbons (Fsp3) is 0.214. The molecular formula is C14H16N2OS. The van der Waals surface area contributed by atoms with Gasteiger partial charge >= 0.3 is 0 Å². The maximum Gasteiger partial charge on any atom is 0.238 e. The van der Waals surface area contributed by atoms with E-state index in [9.17, 15) is 4.79 Å². The van der Waals surface area contributed by atoms with Crippen molar-refractivity contribution in [3.8, 4) is 0 Å². The lowest BCUT2D eigenvalue weighted by Crippen LogP contribution is -2.29. The second-order valence-electron chi connectivity index (χ2n) is 4.17. The summed E-state index contributed by atoms with van der Waals surface area (Å²) in [6.45, 7) is 1.20. The quantitative estimate of drug-likeness (QED) is 0.896. The SMILES string of the molecule is CN(CC(=O)Nc1ccccc1)Cc1cccs1. The molecule has 0 bridgehead atoms. The lowest BCUT2D eigenvalue weighted by atomic mass is 10.3. The summed E-state index contributed by atoms with van der Waals surface area (Å²) < 4.78 is 0. The molecule has 0 aliphatic carbocycles. The second kappa shape index (κ2) is 6.33. The molecule has 1 heterocycles. The van der Waals surface area contributed by atoms with Gasteiger partial charge in [0.2, 0.25) is 5.91 Å². The smallest absolute Gasteiger partial charge is 0.238 e. The lowest BCUT2D eigenvalue weighted by molar-refractivity contribution is -0.117. The molecule has 0 radical (unpaired) electrons. The van der Waals surface area contributed by atoms with Gasteiger partial charge in [-0.15, -0.1) is 11.3 Å². The highest BCUT2D eigenvalue weighted by atomic mass is 32.1. The van der Waals surface area contributed by atoms with Crippen molar-refractivity contribution in [1.29, 1.82) is 0 Å². The summed E-state index contributed by atoms with van der Waals surface area (Å²) in [7, 11) is 1.95. The number of carbonyl (C=O) groups is 1. The monoisotopic (exact) mass is 260 g/mol. The van der Waals surface area contributed by atoms with Gasteiger partial charge in [-0.3, -0.25) is 9.69 Å². The van der Waals surface area contributed by atoms with Crippen LogP contribution in [0, 0.1) is 0 Å². The number of nitrogens with zero attached hydrogens (tertiary/aromatic N) is 1.